The topological polar surface area (TPSA) is 54.3 Å². The minimum atomic E-state index is -0.187. The van der Waals surface area contributed by atoms with E-state index in [2.05, 4.69) is 22.3 Å². The highest BCUT2D eigenvalue weighted by atomic mass is 35.5. The van der Waals surface area contributed by atoms with Crippen LogP contribution in [-0.4, -0.2) is 35.0 Å². The molecule has 0 spiro atoms. The first-order valence-corrected chi connectivity index (χ1v) is 11.0. The zero-order valence-electron chi connectivity index (χ0n) is 17.3. The van der Waals surface area contributed by atoms with Gasteiger partial charge in [0.2, 0.25) is 0 Å². The van der Waals surface area contributed by atoms with E-state index in [9.17, 15) is 9.59 Å². The third kappa shape index (κ3) is 5.24. The Hall–Kier alpha value is -2.89. The SMILES string of the molecule is O=C(NCC(c1ccccc1)N1CCCC1)c1ccc(=O)n(Cc2ccccc2Cl)c1. The van der Waals surface area contributed by atoms with Crippen LogP contribution in [0.5, 0.6) is 0 Å². The van der Waals surface area contributed by atoms with Gasteiger partial charge in [-0.3, -0.25) is 14.5 Å². The predicted molar refractivity (Wildman–Crippen MR) is 124 cm³/mol. The predicted octanol–water partition coefficient (Wildman–Crippen LogP) is 4.12. The highest BCUT2D eigenvalue weighted by Crippen LogP contribution is 2.24. The average Bonchev–Trinajstić information content (AvgIpc) is 3.32. The largest absolute Gasteiger partial charge is 0.350 e. The molecule has 4 rings (SSSR count). The van der Waals surface area contributed by atoms with E-state index in [1.165, 1.54) is 29.0 Å². The molecule has 1 aromatic heterocycles. The average molecular weight is 436 g/mol. The summed E-state index contributed by atoms with van der Waals surface area (Å²) < 4.78 is 1.52. The van der Waals surface area contributed by atoms with Gasteiger partial charge in [0.05, 0.1) is 18.2 Å². The number of aromatic nitrogens is 1. The number of nitrogens with zero attached hydrogens (tertiary/aromatic N) is 2. The number of halogens is 1. The van der Waals surface area contributed by atoms with Crippen molar-refractivity contribution < 1.29 is 4.79 Å². The lowest BCUT2D eigenvalue weighted by atomic mass is 10.1. The Morgan fingerprint density at radius 3 is 2.42 bits per heavy atom. The van der Waals surface area contributed by atoms with E-state index in [4.69, 9.17) is 11.6 Å². The zero-order chi connectivity index (χ0) is 21.6. The fraction of sp³-hybridized carbons (Fsp3) is 0.280. The molecule has 1 N–H and O–H groups in total. The molecule has 31 heavy (non-hydrogen) atoms. The molecule has 1 fully saturated rings. The molecule has 1 atom stereocenters. The van der Waals surface area contributed by atoms with Gasteiger partial charge < -0.3 is 9.88 Å². The van der Waals surface area contributed by atoms with E-state index in [1.54, 1.807) is 18.3 Å². The number of benzene rings is 2. The standard InChI is InChI=1S/C25H26ClN3O2/c26-22-11-5-4-10-20(22)17-29-18-21(12-13-24(29)30)25(31)27-16-23(28-14-6-7-15-28)19-8-2-1-3-9-19/h1-5,8-13,18,23H,6-7,14-17H2,(H,27,31). The van der Waals surface area contributed by atoms with E-state index in [1.807, 2.05) is 36.4 Å². The second-order valence-corrected chi connectivity index (χ2v) is 8.26. The molecule has 1 aliphatic heterocycles. The van der Waals surface area contributed by atoms with Gasteiger partial charge in [-0.25, -0.2) is 0 Å². The van der Waals surface area contributed by atoms with Gasteiger partial charge in [0.1, 0.15) is 0 Å². The second-order valence-electron chi connectivity index (χ2n) is 7.85. The molecule has 5 nitrogen and oxygen atoms in total. The highest BCUT2D eigenvalue weighted by molar-refractivity contribution is 6.31. The van der Waals surface area contributed by atoms with Crippen LogP contribution in [-0.2, 0) is 6.54 Å². The molecule has 0 bridgehead atoms. The van der Waals surface area contributed by atoms with Gasteiger partial charge in [-0.05, 0) is 49.2 Å². The summed E-state index contributed by atoms with van der Waals surface area (Å²) in [5.74, 6) is -0.187. The van der Waals surface area contributed by atoms with Gasteiger partial charge in [0.15, 0.2) is 0 Å². The van der Waals surface area contributed by atoms with E-state index < -0.39 is 0 Å². The van der Waals surface area contributed by atoms with E-state index in [0.29, 0.717) is 23.7 Å². The maximum atomic E-state index is 12.9. The molecule has 0 saturated carbocycles. The number of carbonyl (C=O) groups excluding carboxylic acids is 1. The smallest absolute Gasteiger partial charge is 0.252 e. The lowest BCUT2D eigenvalue weighted by Gasteiger charge is -2.28. The van der Waals surface area contributed by atoms with Gasteiger partial charge in [0.25, 0.3) is 11.5 Å². The number of hydrogen-bond donors (Lipinski definition) is 1. The van der Waals surface area contributed by atoms with Crippen LogP contribution in [0.3, 0.4) is 0 Å². The van der Waals surface area contributed by atoms with Crippen LogP contribution >= 0.6 is 11.6 Å². The Morgan fingerprint density at radius 2 is 1.68 bits per heavy atom. The number of amides is 1. The first-order chi connectivity index (χ1) is 15.1. The maximum absolute atomic E-state index is 12.9. The normalized spacial score (nSPS) is 15.0. The summed E-state index contributed by atoms with van der Waals surface area (Å²) in [6, 6.07) is 20.8. The van der Waals surface area contributed by atoms with Crippen LogP contribution in [0.4, 0.5) is 0 Å². The molecule has 0 aliphatic carbocycles. The first-order valence-electron chi connectivity index (χ1n) is 10.6. The lowest BCUT2D eigenvalue weighted by molar-refractivity contribution is 0.0937. The Morgan fingerprint density at radius 1 is 0.968 bits per heavy atom. The van der Waals surface area contributed by atoms with Crippen molar-refractivity contribution in [1.29, 1.82) is 0 Å². The number of nitrogens with one attached hydrogen (secondary N) is 1. The monoisotopic (exact) mass is 435 g/mol. The third-order valence-corrected chi connectivity index (χ3v) is 6.13. The van der Waals surface area contributed by atoms with Crippen molar-refractivity contribution in [3.63, 3.8) is 0 Å². The summed E-state index contributed by atoms with van der Waals surface area (Å²) in [5, 5.41) is 3.67. The van der Waals surface area contributed by atoms with Crippen molar-refractivity contribution in [1.82, 2.24) is 14.8 Å². The van der Waals surface area contributed by atoms with Gasteiger partial charge in [-0.2, -0.15) is 0 Å². The molecule has 6 heteroatoms. The maximum Gasteiger partial charge on any atom is 0.252 e. The fourth-order valence-corrected chi connectivity index (χ4v) is 4.27. The van der Waals surface area contributed by atoms with Gasteiger partial charge >= 0.3 is 0 Å². The first kappa shape index (κ1) is 21.3. The number of carbonyl (C=O) groups is 1. The Bertz CT molecular complexity index is 1090. The highest BCUT2D eigenvalue weighted by Gasteiger charge is 2.24. The van der Waals surface area contributed by atoms with Crippen molar-refractivity contribution in [2.75, 3.05) is 19.6 Å². The van der Waals surface area contributed by atoms with Crippen LogP contribution in [0.25, 0.3) is 0 Å². The zero-order valence-corrected chi connectivity index (χ0v) is 18.1. The Labute approximate surface area is 187 Å². The van der Waals surface area contributed by atoms with Crippen LogP contribution < -0.4 is 10.9 Å². The quantitative estimate of drug-likeness (QED) is 0.607. The number of hydrogen-bond acceptors (Lipinski definition) is 3. The summed E-state index contributed by atoms with van der Waals surface area (Å²) >= 11 is 6.23. The van der Waals surface area contributed by atoms with Crippen LogP contribution in [0.1, 0.15) is 40.4 Å². The van der Waals surface area contributed by atoms with Crippen molar-refractivity contribution in [2.24, 2.45) is 0 Å². The van der Waals surface area contributed by atoms with E-state index in [-0.39, 0.29) is 17.5 Å². The molecule has 1 amide bonds. The molecular formula is C25H26ClN3O2. The van der Waals surface area contributed by atoms with Gasteiger partial charge in [-0.15, -0.1) is 0 Å². The van der Waals surface area contributed by atoms with Crippen LogP contribution in [0.15, 0.2) is 77.7 Å². The fourth-order valence-electron chi connectivity index (χ4n) is 4.08. The second kappa shape index (κ2) is 9.94. The van der Waals surface area contributed by atoms with E-state index in [0.717, 1.165) is 18.7 Å². The minimum absolute atomic E-state index is 0.140. The van der Waals surface area contributed by atoms with Crippen molar-refractivity contribution in [2.45, 2.75) is 25.4 Å². The van der Waals surface area contributed by atoms with Crippen molar-refractivity contribution >= 4 is 17.5 Å². The summed E-state index contributed by atoms with van der Waals surface area (Å²) in [6.07, 6.45) is 3.98. The van der Waals surface area contributed by atoms with Crippen LogP contribution in [0, 0.1) is 0 Å². The molecule has 2 aromatic carbocycles. The molecular weight excluding hydrogens is 410 g/mol. The Balaban J connectivity index is 1.49. The molecule has 3 aromatic rings. The molecule has 160 valence electrons. The molecule has 1 unspecified atom stereocenters. The summed E-state index contributed by atoms with van der Waals surface area (Å²) in [7, 11) is 0. The van der Waals surface area contributed by atoms with Gasteiger partial charge in [0, 0.05) is 23.8 Å². The molecule has 0 radical (unpaired) electrons. The summed E-state index contributed by atoms with van der Waals surface area (Å²) in [6.45, 7) is 2.92. The molecule has 1 saturated heterocycles. The van der Waals surface area contributed by atoms with Crippen molar-refractivity contribution in [3.05, 3.63) is 105 Å². The number of pyridine rings is 1. The van der Waals surface area contributed by atoms with Crippen LogP contribution in [0.2, 0.25) is 5.02 Å². The molecule has 2 heterocycles. The van der Waals surface area contributed by atoms with Crippen molar-refractivity contribution in [3.8, 4) is 0 Å². The van der Waals surface area contributed by atoms with Gasteiger partial charge in [-0.1, -0.05) is 60.1 Å². The third-order valence-electron chi connectivity index (χ3n) is 5.77. The minimum Gasteiger partial charge on any atom is -0.350 e. The number of likely N-dealkylation sites (tertiary alicyclic amines) is 1. The lowest BCUT2D eigenvalue weighted by Crippen LogP contribution is -2.37. The Kier molecular flexibility index (Phi) is 6.85. The summed E-state index contributed by atoms with van der Waals surface area (Å²) in [5.41, 5.74) is 2.32. The summed E-state index contributed by atoms with van der Waals surface area (Å²) in [4.78, 5) is 27.6. The number of rotatable bonds is 7. The molecule has 1 aliphatic rings. The van der Waals surface area contributed by atoms with E-state index >= 15 is 0 Å².